The van der Waals surface area contributed by atoms with Crippen LogP contribution in [0.3, 0.4) is 0 Å². The Morgan fingerprint density at radius 2 is 2.21 bits per heavy atom. The van der Waals surface area contributed by atoms with E-state index in [9.17, 15) is 0 Å². The van der Waals surface area contributed by atoms with E-state index in [1.54, 1.807) is 17.8 Å². The van der Waals surface area contributed by atoms with Crippen LogP contribution in [0.4, 0.5) is 0 Å². The highest BCUT2D eigenvalue weighted by molar-refractivity contribution is 8.05. The molecule has 0 heterocycles. The molecule has 1 atom stereocenters. The van der Waals surface area contributed by atoms with Crippen molar-refractivity contribution in [2.24, 2.45) is 5.92 Å². The van der Waals surface area contributed by atoms with Crippen LogP contribution in [0.2, 0.25) is 0 Å². The summed E-state index contributed by atoms with van der Waals surface area (Å²) in [5, 5.41) is 1.81. The van der Waals surface area contributed by atoms with Crippen LogP contribution in [0.5, 0.6) is 0 Å². The standard InChI is InChI=1S/C12H20OS/c1-5-8-12(14-7-3)10-13-9-11(4)6-2/h5,7-8,11H,1,3,6,9-10H2,2,4H3/b12-8-. The SMILES string of the molecule is C=C/C=C(/COCC(C)CC)SC=C. The molecule has 1 nitrogen and oxygen atoms in total. The van der Waals surface area contributed by atoms with E-state index in [1.165, 1.54) is 0 Å². The fraction of sp³-hybridized carbons (Fsp3) is 0.500. The molecule has 0 N–H and O–H groups in total. The van der Waals surface area contributed by atoms with E-state index >= 15 is 0 Å². The van der Waals surface area contributed by atoms with E-state index in [4.69, 9.17) is 4.74 Å². The van der Waals surface area contributed by atoms with Gasteiger partial charge < -0.3 is 4.74 Å². The predicted molar refractivity (Wildman–Crippen MR) is 66.3 cm³/mol. The van der Waals surface area contributed by atoms with Crippen molar-refractivity contribution in [2.45, 2.75) is 20.3 Å². The number of rotatable bonds is 8. The van der Waals surface area contributed by atoms with Crippen LogP contribution in [0.1, 0.15) is 20.3 Å². The third-order valence-corrected chi connectivity index (χ3v) is 2.61. The summed E-state index contributed by atoms with van der Waals surface area (Å²) in [7, 11) is 0. The van der Waals surface area contributed by atoms with Gasteiger partial charge in [0, 0.05) is 11.5 Å². The number of ether oxygens (including phenoxy) is 1. The molecular formula is C12H20OS. The summed E-state index contributed by atoms with van der Waals surface area (Å²) in [6.45, 7) is 13.2. The van der Waals surface area contributed by atoms with Crippen molar-refractivity contribution in [1.82, 2.24) is 0 Å². The van der Waals surface area contributed by atoms with Gasteiger partial charge in [0.05, 0.1) is 6.61 Å². The number of hydrogen-bond donors (Lipinski definition) is 0. The molecule has 0 aliphatic heterocycles. The highest BCUT2D eigenvalue weighted by atomic mass is 32.2. The van der Waals surface area contributed by atoms with Crippen LogP contribution in [-0.4, -0.2) is 13.2 Å². The van der Waals surface area contributed by atoms with Crippen LogP contribution in [0.15, 0.2) is 35.6 Å². The van der Waals surface area contributed by atoms with Crippen molar-refractivity contribution in [2.75, 3.05) is 13.2 Å². The van der Waals surface area contributed by atoms with Gasteiger partial charge in [-0.2, -0.15) is 0 Å². The second-order valence-electron chi connectivity index (χ2n) is 3.18. The largest absolute Gasteiger partial charge is 0.376 e. The predicted octanol–water partition coefficient (Wildman–Crippen LogP) is 4.00. The van der Waals surface area contributed by atoms with E-state index < -0.39 is 0 Å². The molecule has 0 aliphatic rings. The molecule has 0 fully saturated rings. The quantitative estimate of drug-likeness (QED) is 0.562. The molecule has 80 valence electrons. The van der Waals surface area contributed by atoms with Crippen LogP contribution < -0.4 is 0 Å². The molecule has 0 amide bonds. The minimum Gasteiger partial charge on any atom is -0.376 e. The molecule has 1 unspecified atom stereocenters. The summed E-state index contributed by atoms with van der Waals surface area (Å²) in [4.78, 5) is 1.15. The monoisotopic (exact) mass is 212 g/mol. The van der Waals surface area contributed by atoms with Crippen molar-refractivity contribution in [3.8, 4) is 0 Å². The summed E-state index contributed by atoms with van der Waals surface area (Å²) in [6.07, 6.45) is 4.90. The molecule has 0 spiro atoms. The van der Waals surface area contributed by atoms with Crippen molar-refractivity contribution >= 4 is 11.8 Å². The zero-order valence-electron chi connectivity index (χ0n) is 9.16. The minimum absolute atomic E-state index is 0.633. The topological polar surface area (TPSA) is 9.23 Å². The van der Waals surface area contributed by atoms with Gasteiger partial charge in [-0.15, -0.1) is 11.8 Å². The van der Waals surface area contributed by atoms with Gasteiger partial charge in [-0.3, -0.25) is 0 Å². The first kappa shape index (κ1) is 13.5. The lowest BCUT2D eigenvalue weighted by molar-refractivity contribution is 0.126. The lowest BCUT2D eigenvalue weighted by Crippen LogP contribution is -2.06. The highest BCUT2D eigenvalue weighted by Crippen LogP contribution is 2.16. The Labute approximate surface area is 91.9 Å². The third-order valence-electron chi connectivity index (χ3n) is 1.88. The van der Waals surface area contributed by atoms with Crippen molar-refractivity contribution < 1.29 is 4.74 Å². The second-order valence-corrected chi connectivity index (χ2v) is 4.28. The zero-order chi connectivity index (χ0) is 10.8. The van der Waals surface area contributed by atoms with Gasteiger partial charge in [0.1, 0.15) is 0 Å². The van der Waals surface area contributed by atoms with E-state index in [0.717, 1.165) is 17.9 Å². The molecule has 0 saturated heterocycles. The van der Waals surface area contributed by atoms with Crippen LogP contribution in [0.25, 0.3) is 0 Å². The smallest absolute Gasteiger partial charge is 0.0778 e. The first-order chi connectivity index (χ1) is 6.74. The van der Waals surface area contributed by atoms with Gasteiger partial charge in [0.15, 0.2) is 0 Å². The van der Waals surface area contributed by atoms with Gasteiger partial charge in [-0.1, -0.05) is 45.6 Å². The first-order valence-electron chi connectivity index (χ1n) is 4.91. The van der Waals surface area contributed by atoms with Crippen LogP contribution in [0, 0.1) is 5.92 Å². The molecule has 0 saturated carbocycles. The summed E-state index contributed by atoms with van der Waals surface area (Å²) >= 11 is 1.59. The summed E-state index contributed by atoms with van der Waals surface area (Å²) in [6, 6.07) is 0. The average Bonchev–Trinajstić information content (AvgIpc) is 2.18. The Kier molecular flexibility index (Phi) is 8.79. The number of allylic oxidation sites excluding steroid dienone is 2. The Hall–Kier alpha value is -0.470. The zero-order valence-corrected chi connectivity index (χ0v) is 9.98. The van der Waals surface area contributed by atoms with Crippen molar-refractivity contribution in [3.63, 3.8) is 0 Å². The van der Waals surface area contributed by atoms with Gasteiger partial charge in [0.25, 0.3) is 0 Å². The Morgan fingerprint density at radius 1 is 1.50 bits per heavy atom. The molecular weight excluding hydrogens is 192 g/mol. The van der Waals surface area contributed by atoms with Crippen LogP contribution in [-0.2, 0) is 4.74 Å². The molecule has 0 bridgehead atoms. The van der Waals surface area contributed by atoms with Gasteiger partial charge in [-0.05, 0) is 11.3 Å². The maximum atomic E-state index is 5.57. The molecule has 0 rings (SSSR count). The van der Waals surface area contributed by atoms with Crippen molar-refractivity contribution in [1.29, 1.82) is 0 Å². The maximum Gasteiger partial charge on any atom is 0.0778 e. The van der Waals surface area contributed by atoms with Gasteiger partial charge in [-0.25, -0.2) is 0 Å². The lowest BCUT2D eigenvalue weighted by atomic mass is 10.1. The van der Waals surface area contributed by atoms with Gasteiger partial charge >= 0.3 is 0 Å². The number of hydrogen-bond acceptors (Lipinski definition) is 2. The molecule has 2 heteroatoms. The normalized spacial score (nSPS) is 13.7. The van der Waals surface area contributed by atoms with Crippen molar-refractivity contribution in [3.05, 3.63) is 35.6 Å². The van der Waals surface area contributed by atoms with E-state index in [1.807, 2.05) is 11.5 Å². The molecule has 0 aromatic rings. The maximum absolute atomic E-state index is 5.57. The van der Waals surface area contributed by atoms with E-state index in [0.29, 0.717) is 12.5 Å². The first-order valence-corrected chi connectivity index (χ1v) is 5.79. The molecule has 0 radical (unpaired) electrons. The van der Waals surface area contributed by atoms with E-state index in [2.05, 4.69) is 27.0 Å². The Bertz CT molecular complexity index is 196. The highest BCUT2D eigenvalue weighted by Gasteiger charge is 2.00. The Morgan fingerprint density at radius 3 is 2.71 bits per heavy atom. The lowest BCUT2D eigenvalue weighted by Gasteiger charge is -2.10. The molecule has 14 heavy (non-hydrogen) atoms. The molecule has 0 aromatic carbocycles. The molecule has 0 aliphatic carbocycles. The molecule has 0 aromatic heterocycles. The third kappa shape index (κ3) is 6.98. The summed E-state index contributed by atoms with van der Waals surface area (Å²) in [5.41, 5.74) is 0. The fourth-order valence-electron chi connectivity index (χ4n) is 0.838. The Balaban J connectivity index is 3.76. The van der Waals surface area contributed by atoms with E-state index in [-0.39, 0.29) is 0 Å². The minimum atomic E-state index is 0.633. The second kappa shape index (κ2) is 9.10. The summed E-state index contributed by atoms with van der Waals surface area (Å²) < 4.78 is 5.57. The fourth-order valence-corrected chi connectivity index (χ4v) is 1.38. The number of thioether (sulfide) groups is 1. The van der Waals surface area contributed by atoms with Crippen LogP contribution >= 0.6 is 11.8 Å². The summed E-state index contributed by atoms with van der Waals surface area (Å²) in [5.74, 6) is 0.633. The van der Waals surface area contributed by atoms with Gasteiger partial charge in [0.2, 0.25) is 0 Å². The average molecular weight is 212 g/mol.